The van der Waals surface area contributed by atoms with Gasteiger partial charge in [0.2, 0.25) is 0 Å². The normalized spacial score (nSPS) is 11.4. The minimum absolute atomic E-state index is 0.306. The third kappa shape index (κ3) is 4.92. The average Bonchev–Trinajstić information content (AvgIpc) is 3.21. The maximum Gasteiger partial charge on any atom is 0.337 e. The highest BCUT2D eigenvalue weighted by molar-refractivity contribution is 7.11. The van der Waals surface area contributed by atoms with E-state index in [0.29, 0.717) is 5.56 Å². The van der Waals surface area contributed by atoms with Crippen molar-refractivity contribution in [1.82, 2.24) is 4.98 Å². The number of hydrogen-bond acceptors (Lipinski definition) is 4. The summed E-state index contributed by atoms with van der Waals surface area (Å²) in [6.45, 7) is 2.19. The Kier molecular flexibility index (Phi) is 6.55. The van der Waals surface area contributed by atoms with Gasteiger partial charge in [0.1, 0.15) is 5.01 Å². The summed E-state index contributed by atoms with van der Waals surface area (Å²) in [5.41, 5.74) is 5.19. The molecule has 2 aromatic carbocycles. The molecule has 0 aliphatic heterocycles. The molecule has 0 atom stereocenters. The molecule has 3 aromatic rings. The van der Waals surface area contributed by atoms with E-state index in [0.717, 1.165) is 41.1 Å². The third-order valence-corrected chi connectivity index (χ3v) is 5.24. The smallest absolute Gasteiger partial charge is 0.337 e. The Morgan fingerprint density at radius 3 is 2.52 bits per heavy atom. The first kappa shape index (κ1) is 19.1. The standard InChI is InChI=1S/C23H23NO2S/c1-3-7-19(13-10-17-11-14-20(15-12-17)23(25)26-2)22-24-21(16-27-22)18-8-5-4-6-9-18/h4-6,8-9,11-16H,3,7,10H2,1-2H3/b19-13+. The molecule has 4 heteroatoms. The van der Waals surface area contributed by atoms with Gasteiger partial charge in [-0.25, -0.2) is 9.78 Å². The van der Waals surface area contributed by atoms with E-state index in [1.165, 1.54) is 12.7 Å². The van der Waals surface area contributed by atoms with E-state index in [-0.39, 0.29) is 5.97 Å². The van der Waals surface area contributed by atoms with Gasteiger partial charge in [-0.1, -0.05) is 61.9 Å². The molecule has 0 saturated heterocycles. The van der Waals surface area contributed by atoms with Gasteiger partial charge < -0.3 is 4.74 Å². The maximum absolute atomic E-state index is 11.5. The molecule has 0 aliphatic rings. The Morgan fingerprint density at radius 1 is 1.11 bits per heavy atom. The van der Waals surface area contributed by atoms with Crippen molar-refractivity contribution in [1.29, 1.82) is 0 Å². The van der Waals surface area contributed by atoms with Gasteiger partial charge in [-0.15, -0.1) is 11.3 Å². The van der Waals surface area contributed by atoms with Crippen molar-refractivity contribution in [3.05, 3.63) is 82.2 Å². The highest BCUT2D eigenvalue weighted by atomic mass is 32.1. The fraction of sp³-hybridized carbons (Fsp3) is 0.217. The minimum atomic E-state index is -0.306. The van der Waals surface area contributed by atoms with Crippen LogP contribution in [-0.4, -0.2) is 18.1 Å². The highest BCUT2D eigenvalue weighted by Crippen LogP contribution is 2.28. The number of methoxy groups -OCH3 is 1. The molecule has 27 heavy (non-hydrogen) atoms. The third-order valence-electron chi connectivity index (χ3n) is 4.33. The van der Waals surface area contributed by atoms with Crippen molar-refractivity contribution >= 4 is 22.9 Å². The van der Waals surface area contributed by atoms with Crippen LogP contribution in [0.4, 0.5) is 0 Å². The zero-order valence-electron chi connectivity index (χ0n) is 15.6. The summed E-state index contributed by atoms with van der Waals surface area (Å²) >= 11 is 1.70. The molecular formula is C23H23NO2S. The first-order valence-electron chi connectivity index (χ1n) is 9.09. The van der Waals surface area contributed by atoms with E-state index in [2.05, 4.69) is 30.5 Å². The van der Waals surface area contributed by atoms with Crippen LogP contribution in [0.15, 0.2) is 66.1 Å². The molecule has 0 amide bonds. The summed E-state index contributed by atoms with van der Waals surface area (Å²) in [5.74, 6) is -0.306. The summed E-state index contributed by atoms with van der Waals surface area (Å²) < 4.78 is 4.75. The SMILES string of the molecule is CCC/C(=C\Cc1ccc(C(=O)OC)cc1)c1nc(-c2ccccc2)cs1. The number of rotatable bonds is 7. The van der Waals surface area contributed by atoms with Gasteiger partial charge in [0.15, 0.2) is 0 Å². The van der Waals surface area contributed by atoms with Gasteiger partial charge >= 0.3 is 5.97 Å². The van der Waals surface area contributed by atoms with E-state index in [9.17, 15) is 4.79 Å². The van der Waals surface area contributed by atoms with Crippen LogP contribution in [0, 0.1) is 0 Å². The lowest BCUT2D eigenvalue weighted by Gasteiger charge is -2.04. The molecule has 0 radical (unpaired) electrons. The van der Waals surface area contributed by atoms with E-state index in [4.69, 9.17) is 9.72 Å². The number of carbonyl (C=O) groups is 1. The van der Waals surface area contributed by atoms with Gasteiger partial charge in [0.25, 0.3) is 0 Å². The topological polar surface area (TPSA) is 39.2 Å². The Morgan fingerprint density at radius 2 is 1.85 bits per heavy atom. The first-order chi connectivity index (χ1) is 13.2. The molecule has 3 rings (SSSR count). The summed E-state index contributed by atoms with van der Waals surface area (Å²) in [6, 6.07) is 17.8. The van der Waals surface area contributed by atoms with Crippen molar-refractivity contribution in [2.75, 3.05) is 7.11 Å². The van der Waals surface area contributed by atoms with Gasteiger partial charge in [-0.3, -0.25) is 0 Å². The molecule has 1 heterocycles. The first-order valence-corrected chi connectivity index (χ1v) is 9.97. The van der Waals surface area contributed by atoms with Crippen LogP contribution in [0.1, 0.15) is 40.7 Å². The summed E-state index contributed by atoms with van der Waals surface area (Å²) in [6.07, 6.45) is 5.15. The number of aromatic nitrogens is 1. The Balaban J connectivity index is 1.77. The molecule has 3 nitrogen and oxygen atoms in total. The Bertz CT molecular complexity index is 911. The van der Waals surface area contributed by atoms with Crippen LogP contribution in [0.5, 0.6) is 0 Å². The van der Waals surface area contributed by atoms with Gasteiger partial charge in [-0.05, 0) is 36.1 Å². The van der Waals surface area contributed by atoms with Crippen LogP contribution < -0.4 is 0 Å². The molecule has 0 spiro atoms. The monoisotopic (exact) mass is 377 g/mol. The van der Waals surface area contributed by atoms with Crippen LogP contribution in [0.3, 0.4) is 0 Å². The molecule has 0 unspecified atom stereocenters. The Labute approximate surface area is 164 Å². The van der Waals surface area contributed by atoms with E-state index >= 15 is 0 Å². The Hall–Kier alpha value is -2.72. The average molecular weight is 378 g/mol. The predicted molar refractivity (Wildman–Crippen MR) is 112 cm³/mol. The lowest BCUT2D eigenvalue weighted by molar-refractivity contribution is 0.0600. The van der Waals surface area contributed by atoms with Gasteiger partial charge in [0, 0.05) is 10.9 Å². The van der Waals surface area contributed by atoms with Crippen molar-refractivity contribution in [3.63, 3.8) is 0 Å². The molecule has 0 saturated carbocycles. The second kappa shape index (κ2) is 9.28. The molecule has 0 fully saturated rings. The molecule has 0 aliphatic carbocycles. The number of esters is 1. The van der Waals surface area contributed by atoms with Crippen LogP contribution in [0.2, 0.25) is 0 Å². The van der Waals surface area contributed by atoms with E-state index < -0.39 is 0 Å². The number of hydrogen-bond donors (Lipinski definition) is 0. The molecule has 0 bridgehead atoms. The van der Waals surface area contributed by atoms with Crippen molar-refractivity contribution in [3.8, 4) is 11.3 Å². The molecular weight excluding hydrogens is 354 g/mol. The van der Waals surface area contributed by atoms with E-state index in [1.54, 1.807) is 11.3 Å². The summed E-state index contributed by atoms with van der Waals surface area (Å²) in [4.78, 5) is 16.4. The quantitative estimate of drug-likeness (QED) is 0.472. The number of benzene rings is 2. The van der Waals surface area contributed by atoms with Crippen molar-refractivity contribution in [2.45, 2.75) is 26.2 Å². The minimum Gasteiger partial charge on any atom is -0.465 e. The fourth-order valence-corrected chi connectivity index (χ4v) is 3.76. The van der Waals surface area contributed by atoms with E-state index in [1.807, 2.05) is 42.5 Å². The largest absolute Gasteiger partial charge is 0.465 e. The fourth-order valence-electron chi connectivity index (χ4n) is 2.86. The van der Waals surface area contributed by atoms with Crippen LogP contribution >= 0.6 is 11.3 Å². The molecule has 1 aromatic heterocycles. The summed E-state index contributed by atoms with van der Waals surface area (Å²) in [7, 11) is 1.40. The van der Waals surface area contributed by atoms with Gasteiger partial charge in [0.05, 0.1) is 18.4 Å². The van der Waals surface area contributed by atoms with Crippen LogP contribution in [0.25, 0.3) is 16.8 Å². The predicted octanol–water partition coefficient (Wildman–Crippen LogP) is 6.02. The zero-order valence-corrected chi connectivity index (χ0v) is 16.5. The number of thiazole rings is 1. The second-order valence-corrected chi connectivity index (χ2v) is 7.13. The number of carbonyl (C=O) groups excluding carboxylic acids is 1. The number of allylic oxidation sites excluding steroid dienone is 2. The maximum atomic E-state index is 11.5. The highest BCUT2D eigenvalue weighted by Gasteiger charge is 2.09. The number of nitrogens with zero attached hydrogens (tertiary/aromatic N) is 1. The molecule has 0 N–H and O–H groups in total. The van der Waals surface area contributed by atoms with Gasteiger partial charge in [-0.2, -0.15) is 0 Å². The molecule has 138 valence electrons. The van der Waals surface area contributed by atoms with Crippen molar-refractivity contribution < 1.29 is 9.53 Å². The second-order valence-electron chi connectivity index (χ2n) is 6.28. The number of ether oxygens (including phenoxy) is 1. The summed E-state index contributed by atoms with van der Waals surface area (Å²) in [5, 5.41) is 3.21. The van der Waals surface area contributed by atoms with Crippen LogP contribution in [-0.2, 0) is 11.2 Å². The zero-order chi connectivity index (χ0) is 19.1. The lowest BCUT2D eigenvalue weighted by Crippen LogP contribution is -2.00. The van der Waals surface area contributed by atoms with Crippen molar-refractivity contribution in [2.24, 2.45) is 0 Å². The lowest BCUT2D eigenvalue weighted by atomic mass is 10.0.